The van der Waals surface area contributed by atoms with E-state index in [9.17, 15) is 4.79 Å². The van der Waals surface area contributed by atoms with Gasteiger partial charge >= 0.3 is 0 Å². The smallest absolute Gasteiger partial charge is 0.227 e. The normalized spacial score (nSPS) is 17.6. The highest BCUT2D eigenvalue weighted by Crippen LogP contribution is 2.30. The van der Waals surface area contributed by atoms with Gasteiger partial charge in [-0.05, 0) is 55.0 Å². The van der Waals surface area contributed by atoms with Crippen LogP contribution in [0.1, 0.15) is 36.0 Å². The van der Waals surface area contributed by atoms with Crippen LogP contribution in [-0.4, -0.2) is 43.7 Å². The van der Waals surface area contributed by atoms with Crippen LogP contribution in [0, 0.1) is 0 Å². The third-order valence-corrected chi connectivity index (χ3v) is 5.82. The summed E-state index contributed by atoms with van der Waals surface area (Å²) in [6.45, 7) is 5.74. The lowest BCUT2D eigenvalue weighted by Crippen LogP contribution is -2.36. The van der Waals surface area contributed by atoms with Crippen molar-refractivity contribution in [2.24, 2.45) is 0 Å². The molecule has 0 aromatic heterocycles. The number of aryl methyl sites for hydroxylation is 2. The standard InChI is InChI=1S/C24H30N2O2/c27-24-12-10-22-18-20(6-4-5-13-25-14-16-28-17-15-25)9-11-23(22)26(24)19-21-7-2-1-3-8-21/h1-3,7-9,11,18H,4-6,10,12-17,19H2. The zero-order valence-corrected chi connectivity index (χ0v) is 16.6. The number of unbranched alkanes of at least 4 members (excludes halogenated alkanes) is 1. The maximum absolute atomic E-state index is 12.5. The first-order valence-corrected chi connectivity index (χ1v) is 10.6. The molecule has 0 N–H and O–H groups in total. The molecule has 2 aromatic carbocycles. The predicted octanol–water partition coefficient (Wildman–Crippen LogP) is 3.82. The van der Waals surface area contributed by atoms with Crippen LogP contribution in [0.5, 0.6) is 0 Å². The zero-order valence-electron chi connectivity index (χ0n) is 16.6. The van der Waals surface area contributed by atoms with Crippen molar-refractivity contribution in [1.82, 2.24) is 4.90 Å². The molecule has 1 saturated heterocycles. The highest BCUT2D eigenvalue weighted by molar-refractivity contribution is 5.96. The molecule has 0 saturated carbocycles. The van der Waals surface area contributed by atoms with E-state index in [2.05, 4.69) is 35.2 Å². The van der Waals surface area contributed by atoms with Gasteiger partial charge in [-0.15, -0.1) is 0 Å². The number of carbonyl (C=O) groups is 1. The number of rotatable bonds is 7. The Kier molecular flexibility index (Phi) is 6.40. The van der Waals surface area contributed by atoms with Crippen molar-refractivity contribution < 1.29 is 9.53 Å². The first-order chi connectivity index (χ1) is 13.8. The second kappa shape index (κ2) is 9.35. The minimum atomic E-state index is 0.231. The molecule has 4 rings (SSSR count). The minimum absolute atomic E-state index is 0.231. The van der Waals surface area contributed by atoms with Gasteiger partial charge in [-0.25, -0.2) is 0 Å². The van der Waals surface area contributed by atoms with E-state index in [1.54, 1.807) is 0 Å². The van der Waals surface area contributed by atoms with Gasteiger partial charge in [0.25, 0.3) is 0 Å². The minimum Gasteiger partial charge on any atom is -0.379 e. The van der Waals surface area contributed by atoms with Crippen molar-refractivity contribution in [2.75, 3.05) is 37.7 Å². The number of hydrogen-bond acceptors (Lipinski definition) is 3. The molecular weight excluding hydrogens is 348 g/mol. The van der Waals surface area contributed by atoms with Crippen LogP contribution < -0.4 is 4.90 Å². The lowest BCUT2D eigenvalue weighted by molar-refractivity contribution is -0.119. The Morgan fingerprint density at radius 1 is 0.893 bits per heavy atom. The second-order valence-electron chi connectivity index (χ2n) is 7.84. The molecule has 2 aliphatic heterocycles. The van der Waals surface area contributed by atoms with E-state index in [0.29, 0.717) is 13.0 Å². The number of hydrogen-bond donors (Lipinski definition) is 0. The number of amides is 1. The number of fused-ring (bicyclic) bond motifs is 1. The summed E-state index contributed by atoms with van der Waals surface area (Å²) < 4.78 is 5.41. The highest BCUT2D eigenvalue weighted by atomic mass is 16.5. The molecule has 2 aromatic rings. The van der Waals surface area contributed by atoms with Gasteiger partial charge in [-0.2, -0.15) is 0 Å². The molecule has 4 heteroatoms. The molecule has 4 nitrogen and oxygen atoms in total. The van der Waals surface area contributed by atoms with Crippen LogP contribution in [0.2, 0.25) is 0 Å². The Bertz CT molecular complexity index is 784. The van der Waals surface area contributed by atoms with E-state index >= 15 is 0 Å². The molecule has 2 aliphatic rings. The molecule has 0 spiro atoms. The number of ether oxygens (including phenoxy) is 1. The SMILES string of the molecule is O=C1CCc2cc(CCCCN3CCOCC3)ccc2N1Cc1ccccc1. The lowest BCUT2D eigenvalue weighted by atomic mass is 9.96. The van der Waals surface area contributed by atoms with Crippen LogP contribution in [0.4, 0.5) is 5.69 Å². The summed E-state index contributed by atoms with van der Waals surface area (Å²) in [5.74, 6) is 0.231. The van der Waals surface area contributed by atoms with Crippen molar-refractivity contribution in [3.8, 4) is 0 Å². The summed E-state index contributed by atoms with van der Waals surface area (Å²) >= 11 is 0. The molecule has 0 aliphatic carbocycles. The van der Waals surface area contributed by atoms with Gasteiger partial charge in [0.05, 0.1) is 19.8 Å². The topological polar surface area (TPSA) is 32.8 Å². The molecule has 0 unspecified atom stereocenters. The second-order valence-corrected chi connectivity index (χ2v) is 7.84. The summed E-state index contributed by atoms with van der Waals surface area (Å²) in [5.41, 5.74) is 4.99. The largest absolute Gasteiger partial charge is 0.379 e. The van der Waals surface area contributed by atoms with Crippen LogP contribution in [0.3, 0.4) is 0 Å². The van der Waals surface area contributed by atoms with E-state index in [0.717, 1.165) is 44.8 Å². The van der Waals surface area contributed by atoms with E-state index in [1.807, 2.05) is 23.1 Å². The van der Waals surface area contributed by atoms with Gasteiger partial charge in [0.15, 0.2) is 0 Å². The molecule has 28 heavy (non-hydrogen) atoms. The third-order valence-electron chi connectivity index (χ3n) is 5.82. The van der Waals surface area contributed by atoms with Gasteiger partial charge in [0.1, 0.15) is 0 Å². The van der Waals surface area contributed by atoms with Gasteiger partial charge in [-0.1, -0.05) is 42.5 Å². The van der Waals surface area contributed by atoms with Gasteiger partial charge in [0.2, 0.25) is 5.91 Å². The molecule has 1 amide bonds. The summed E-state index contributed by atoms with van der Waals surface area (Å²) in [6.07, 6.45) is 5.03. The Hall–Kier alpha value is -2.17. The number of nitrogens with zero attached hydrogens (tertiary/aromatic N) is 2. The Morgan fingerprint density at radius 3 is 2.54 bits per heavy atom. The number of anilines is 1. The van der Waals surface area contributed by atoms with E-state index in [1.165, 1.54) is 36.1 Å². The monoisotopic (exact) mass is 378 g/mol. The molecule has 0 radical (unpaired) electrons. The maximum Gasteiger partial charge on any atom is 0.227 e. The first kappa shape index (κ1) is 19.2. The fraction of sp³-hybridized carbons (Fsp3) is 0.458. The molecule has 0 bridgehead atoms. The fourth-order valence-corrected chi connectivity index (χ4v) is 4.20. The van der Waals surface area contributed by atoms with E-state index < -0.39 is 0 Å². The van der Waals surface area contributed by atoms with Crippen molar-refractivity contribution >= 4 is 11.6 Å². The molecule has 2 heterocycles. The summed E-state index contributed by atoms with van der Waals surface area (Å²) in [7, 11) is 0. The average molecular weight is 379 g/mol. The van der Waals surface area contributed by atoms with Crippen molar-refractivity contribution in [2.45, 2.75) is 38.6 Å². The van der Waals surface area contributed by atoms with Gasteiger partial charge in [0, 0.05) is 25.2 Å². The Balaban J connectivity index is 1.35. The molecule has 1 fully saturated rings. The Morgan fingerprint density at radius 2 is 1.71 bits per heavy atom. The zero-order chi connectivity index (χ0) is 19.2. The Labute approximate surface area is 168 Å². The van der Waals surface area contributed by atoms with Crippen molar-refractivity contribution in [1.29, 1.82) is 0 Å². The number of carbonyl (C=O) groups excluding carboxylic acids is 1. The summed E-state index contributed by atoms with van der Waals surface area (Å²) in [4.78, 5) is 17.0. The van der Waals surface area contributed by atoms with Crippen LogP contribution in [0.15, 0.2) is 48.5 Å². The van der Waals surface area contributed by atoms with E-state index in [-0.39, 0.29) is 5.91 Å². The van der Waals surface area contributed by atoms with Crippen LogP contribution >= 0.6 is 0 Å². The van der Waals surface area contributed by atoms with Crippen LogP contribution in [0.25, 0.3) is 0 Å². The number of morpholine rings is 1. The van der Waals surface area contributed by atoms with E-state index in [4.69, 9.17) is 4.74 Å². The third kappa shape index (κ3) is 4.81. The quantitative estimate of drug-likeness (QED) is 0.687. The fourth-order valence-electron chi connectivity index (χ4n) is 4.20. The van der Waals surface area contributed by atoms with Crippen molar-refractivity contribution in [3.63, 3.8) is 0 Å². The maximum atomic E-state index is 12.5. The predicted molar refractivity (Wildman–Crippen MR) is 113 cm³/mol. The van der Waals surface area contributed by atoms with Crippen molar-refractivity contribution in [3.05, 3.63) is 65.2 Å². The summed E-state index contributed by atoms with van der Waals surface area (Å²) in [6, 6.07) is 17.0. The van der Waals surface area contributed by atoms with Gasteiger partial charge in [-0.3, -0.25) is 9.69 Å². The molecule has 0 atom stereocenters. The highest BCUT2D eigenvalue weighted by Gasteiger charge is 2.24. The number of benzene rings is 2. The average Bonchev–Trinajstić information content (AvgIpc) is 2.75. The molecular formula is C24H30N2O2. The molecule has 148 valence electrons. The van der Waals surface area contributed by atoms with Gasteiger partial charge < -0.3 is 9.64 Å². The summed E-state index contributed by atoms with van der Waals surface area (Å²) in [5, 5.41) is 0. The first-order valence-electron chi connectivity index (χ1n) is 10.6. The lowest BCUT2D eigenvalue weighted by Gasteiger charge is -2.30. The van der Waals surface area contributed by atoms with Crippen LogP contribution in [-0.2, 0) is 28.9 Å².